The summed E-state index contributed by atoms with van der Waals surface area (Å²) in [6.45, 7) is 2.19. The van der Waals surface area contributed by atoms with E-state index in [1.165, 1.54) is 25.1 Å². The minimum atomic E-state index is 0.844. The molecule has 0 fully saturated rings. The third-order valence-corrected chi connectivity index (χ3v) is 5.84. The van der Waals surface area contributed by atoms with Crippen molar-refractivity contribution in [1.29, 1.82) is 0 Å². The third-order valence-electron chi connectivity index (χ3n) is 3.19. The summed E-state index contributed by atoms with van der Waals surface area (Å²) in [6.07, 6.45) is 1.10. The summed E-state index contributed by atoms with van der Waals surface area (Å²) < 4.78 is 0. The van der Waals surface area contributed by atoms with E-state index in [4.69, 9.17) is 0 Å². The van der Waals surface area contributed by atoms with Crippen molar-refractivity contribution in [2.24, 2.45) is 4.99 Å². The quantitative estimate of drug-likeness (QED) is 0.397. The number of aryl methyl sites for hydroxylation is 1. The zero-order valence-electron chi connectivity index (χ0n) is 11.5. The number of rotatable bonds is 4. The fourth-order valence-electron chi connectivity index (χ4n) is 2.08. The number of nitrogens with zero attached hydrogens (tertiary/aromatic N) is 1. The number of thiophene rings is 2. The van der Waals surface area contributed by atoms with Gasteiger partial charge in [0.25, 0.3) is 0 Å². The lowest BCUT2D eigenvalue weighted by atomic mass is 10.2. The van der Waals surface area contributed by atoms with Gasteiger partial charge in [0, 0.05) is 19.5 Å². The maximum Gasteiger partial charge on any atom is 0.0739 e. The Bertz CT molecular complexity index is 790. The van der Waals surface area contributed by atoms with E-state index >= 15 is 0 Å². The van der Waals surface area contributed by atoms with E-state index in [1.807, 2.05) is 34.8 Å². The van der Waals surface area contributed by atoms with E-state index < -0.39 is 0 Å². The molecule has 0 saturated heterocycles. The molecule has 3 aromatic rings. The molecule has 0 amide bonds. The van der Waals surface area contributed by atoms with Crippen LogP contribution in [0.2, 0.25) is 0 Å². The predicted octanol–water partition coefficient (Wildman–Crippen LogP) is 6.44. The summed E-state index contributed by atoms with van der Waals surface area (Å²) in [5.74, 6) is 0. The molecule has 0 bridgehead atoms. The van der Waals surface area contributed by atoms with Gasteiger partial charge in [-0.25, -0.2) is 0 Å². The van der Waals surface area contributed by atoms with Gasteiger partial charge < -0.3 is 0 Å². The monoisotopic (exact) mass is 327 g/mol. The highest BCUT2D eigenvalue weighted by molar-refractivity contribution is 7.78. The standard InChI is InChI=1S/C17H13NS3/c1-2-14-7-8-16(20-14)17-10-9-15(21-17)12-3-5-13(6-4-12)18-11-19/h3-10H,2H2,1H3. The molecule has 0 atom stereocenters. The topological polar surface area (TPSA) is 12.4 Å². The van der Waals surface area contributed by atoms with Crippen molar-refractivity contribution < 1.29 is 0 Å². The number of isothiocyanates is 1. The smallest absolute Gasteiger partial charge is 0.0739 e. The van der Waals surface area contributed by atoms with E-state index in [2.05, 4.69) is 65.7 Å². The van der Waals surface area contributed by atoms with Crippen LogP contribution in [0, 0.1) is 0 Å². The van der Waals surface area contributed by atoms with Crippen LogP contribution in [0.4, 0.5) is 5.69 Å². The first-order valence-corrected chi connectivity index (χ1v) is 8.71. The Morgan fingerprint density at radius 1 is 0.905 bits per heavy atom. The molecule has 21 heavy (non-hydrogen) atoms. The van der Waals surface area contributed by atoms with Crippen LogP contribution in [0.5, 0.6) is 0 Å². The molecule has 1 nitrogen and oxygen atoms in total. The molecule has 0 saturated carbocycles. The van der Waals surface area contributed by atoms with Gasteiger partial charge in [0.05, 0.1) is 10.8 Å². The number of hydrogen-bond acceptors (Lipinski definition) is 4. The second-order valence-electron chi connectivity index (χ2n) is 4.53. The first-order valence-electron chi connectivity index (χ1n) is 6.67. The van der Waals surface area contributed by atoms with Crippen LogP contribution in [0.15, 0.2) is 53.5 Å². The summed E-state index contributed by atoms with van der Waals surface area (Å²) in [7, 11) is 0. The van der Waals surface area contributed by atoms with Gasteiger partial charge >= 0.3 is 0 Å². The Balaban J connectivity index is 1.88. The second-order valence-corrected chi connectivity index (χ2v) is 6.97. The number of benzene rings is 1. The summed E-state index contributed by atoms with van der Waals surface area (Å²) in [5.41, 5.74) is 2.05. The molecule has 0 N–H and O–H groups in total. The van der Waals surface area contributed by atoms with Crippen molar-refractivity contribution in [1.82, 2.24) is 0 Å². The Morgan fingerprint density at radius 2 is 1.57 bits per heavy atom. The lowest BCUT2D eigenvalue weighted by molar-refractivity contribution is 1.19. The third kappa shape index (κ3) is 3.20. The maximum atomic E-state index is 4.62. The molecule has 0 aliphatic carbocycles. The minimum Gasteiger partial charge on any atom is -0.195 e. The number of aliphatic imine (C=N–C) groups is 1. The van der Waals surface area contributed by atoms with Crippen molar-refractivity contribution in [3.05, 3.63) is 53.4 Å². The molecule has 0 aliphatic rings. The predicted molar refractivity (Wildman–Crippen MR) is 97.1 cm³/mol. The molecule has 0 unspecified atom stereocenters. The molecule has 0 aliphatic heterocycles. The van der Waals surface area contributed by atoms with Crippen molar-refractivity contribution in [2.45, 2.75) is 13.3 Å². The van der Waals surface area contributed by atoms with Gasteiger partial charge in [-0.05, 0) is 60.6 Å². The summed E-state index contributed by atoms with van der Waals surface area (Å²) >= 11 is 8.32. The van der Waals surface area contributed by atoms with Crippen LogP contribution in [-0.4, -0.2) is 5.16 Å². The van der Waals surface area contributed by atoms with Crippen molar-refractivity contribution in [2.75, 3.05) is 0 Å². The van der Waals surface area contributed by atoms with Gasteiger partial charge in [-0.1, -0.05) is 19.1 Å². The number of hydrogen-bond donors (Lipinski definition) is 0. The van der Waals surface area contributed by atoms with Gasteiger partial charge in [-0.3, -0.25) is 0 Å². The molecule has 0 spiro atoms. The Hall–Kier alpha value is -1.58. The van der Waals surface area contributed by atoms with Crippen LogP contribution < -0.4 is 0 Å². The Labute approximate surface area is 137 Å². The van der Waals surface area contributed by atoms with Gasteiger partial charge in [0.2, 0.25) is 0 Å². The summed E-state index contributed by atoms with van der Waals surface area (Å²) in [6, 6.07) is 16.9. The van der Waals surface area contributed by atoms with Crippen LogP contribution in [-0.2, 0) is 6.42 Å². The molecular formula is C17H13NS3. The normalized spacial score (nSPS) is 10.3. The van der Waals surface area contributed by atoms with Crippen LogP contribution >= 0.6 is 34.9 Å². The second kappa shape index (κ2) is 6.46. The number of thiocarbonyl (C=S) groups is 1. The maximum absolute atomic E-state index is 4.62. The van der Waals surface area contributed by atoms with Gasteiger partial charge in [-0.2, -0.15) is 4.99 Å². The SMILES string of the molecule is CCc1ccc(-c2ccc(-c3ccc(N=C=S)cc3)s2)s1. The highest BCUT2D eigenvalue weighted by Gasteiger charge is 2.07. The zero-order chi connectivity index (χ0) is 14.7. The fourth-order valence-corrected chi connectivity index (χ4v) is 4.23. The van der Waals surface area contributed by atoms with Crippen molar-refractivity contribution >= 4 is 45.7 Å². The largest absolute Gasteiger partial charge is 0.195 e. The van der Waals surface area contributed by atoms with E-state index in [0.29, 0.717) is 0 Å². The van der Waals surface area contributed by atoms with Gasteiger partial charge in [-0.15, -0.1) is 22.7 Å². The van der Waals surface area contributed by atoms with Crippen LogP contribution in [0.3, 0.4) is 0 Å². The van der Waals surface area contributed by atoms with Crippen molar-refractivity contribution in [3.63, 3.8) is 0 Å². The minimum absolute atomic E-state index is 0.844. The molecule has 1 aromatic carbocycles. The lowest BCUT2D eigenvalue weighted by Crippen LogP contribution is -1.70. The molecule has 0 radical (unpaired) electrons. The highest BCUT2D eigenvalue weighted by Crippen LogP contribution is 2.38. The van der Waals surface area contributed by atoms with Crippen molar-refractivity contribution in [3.8, 4) is 20.2 Å². The van der Waals surface area contributed by atoms with E-state index in [-0.39, 0.29) is 0 Å². The van der Waals surface area contributed by atoms with Gasteiger partial charge in [0.1, 0.15) is 0 Å². The average molecular weight is 327 g/mol. The lowest BCUT2D eigenvalue weighted by Gasteiger charge is -1.97. The fraction of sp³-hybridized carbons (Fsp3) is 0.118. The van der Waals surface area contributed by atoms with Crippen LogP contribution in [0.1, 0.15) is 11.8 Å². The Kier molecular flexibility index (Phi) is 4.42. The van der Waals surface area contributed by atoms with E-state index in [9.17, 15) is 0 Å². The summed E-state index contributed by atoms with van der Waals surface area (Å²) in [5, 5.41) is 2.39. The molecular weight excluding hydrogens is 314 g/mol. The van der Waals surface area contributed by atoms with Gasteiger partial charge in [0.15, 0.2) is 0 Å². The molecule has 104 valence electrons. The van der Waals surface area contributed by atoms with Crippen LogP contribution in [0.25, 0.3) is 20.2 Å². The summed E-state index contributed by atoms with van der Waals surface area (Å²) in [4.78, 5) is 9.36. The average Bonchev–Trinajstić information content (AvgIpc) is 3.17. The molecule has 4 heteroatoms. The molecule has 2 aromatic heterocycles. The van der Waals surface area contributed by atoms with E-state index in [0.717, 1.165) is 12.1 Å². The van der Waals surface area contributed by atoms with E-state index in [1.54, 1.807) is 0 Å². The first kappa shape index (κ1) is 14.4. The Morgan fingerprint density at radius 3 is 2.24 bits per heavy atom. The molecule has 3 rings (SSSR count). The zero-order valence-corrected chi connectivity index (χ0v) is 13.9. The highest BCUT2D eigenvalue weighted by atomic mass is 32.1. The molecule has 2 heterocycles. The first-order chi connectivity index (χ1) is 10.3.